The minimum absolute atomic E-state index is 0.0460. The molecule has 26 heavy (non-hydrogen) atoms. The molecule has 0 aliphatic carbocycles. The maximum Gasteiger partial charge on any atom is 0.228 e. The molecule has 0 saturated carbocycles. The molecule has 0 spiro atoms. The third-order valence-electron chi connectivity index (χ3n) is 5.32. The summed E-state index contributed by atoms with van der Waals surface area (Å²) in [6, 6.07) is 2.04. The lowest BCUT2D eigenvalue weighted by Gasteiger charge is -2.36. The smallest absolute Gasteiger partial charge is 0.228 e. The van der Waals surface area contributed by atoms with Gasteiger partial charge < -0.3 is 24.2 Å². The fourth-order valence-electron chi connectivity index (χ4n) is 3.75. The van der Waals surface area contributed by atoms with E-state index in [1.165, 1.54) is 0 Å². The summed E-state index contributed by atoms with van der Waals surface area (Å²) in [4.78, 5) is 28.4. The van der Waals surface area contributed by atoms with Gasteiger partial charge in [0.25, 0.3) is 0 Å². The van der Waals surface area contributed by atoms with E-state index in [4.69, 9.17) is 14.5 Å². The van der Waals surface area contributed by atoms with E-state index >= 15 is 0 Å². The first-order valence-electron chi connectivity index (χ1n) is 9.50. The molecule has 1 aromatic heterocycles. The molecule has 3 aliphatic rings. The predicted octanol–water partition coefficient (Wildman–Crippen LogP) is 0.307. The van der Waals surface area contributed by atoms with Crippen molar-refractivity contribution in [2.75, 3.05) is 75.5 Å². The molecule has 0 radical (unpaired) electrons. The lowest BCUT2D eigenvalue weighted by molar-refractivity contribution is -0.135. The molecule has 1 aromatic rings. The highest BCUT2D eigenvalue weighted by Gasteiger charge is 2.30. The Bertz CT molecular complexity index is 636. The number of hydrogen-bond acceptors (Lipinski definition) is 7. The lowest BCUT2D eigenvalue weighted by Crippen LogP contribution is -2.51. The number of piperazine rings is 1. The largest absolute Gasteiger partial charge is 0.381 e. The van der Waals surface area contributed by atoms with Gasteiger partial charge in [-0.3, -0.25) is 4.79 Å². The third-order valence-corrected chi connectivity index (χ3v) is 5.32. The number of hydrogen-bond donors (Lipinski definition) is 0. The van der Waals surface area contributed by atoms with E-state index in [0.717, 1.165) is 76.4 Å². The van der Waals surface area contributed by atoms with E-state index in [-0.39, 0.29) is 11.8 Å². The molecule has 8 nitrogen and oxygen atoms in total. The SMILES string of the molecule is Cc1cc(N2CCOCC2)nc(N2CCN(C(=O)C3CCOC3)CC2)n1. The molecule has 3 saturated heterocycles. The zero-order chi connectivity index (χ0) is 17.9. The van der Waals surface area contributed by atoms with Crippen LogP contribution in [0.1, 0.15) is 12.1 Å². The molecule has 3 fully saturated rings. The minimum atomic E-state index is 0.0460. The third kappa shape index (κ3) is 3.76. The Balaban J connectivity index is 1.40. The second kappa shape index (κ2) is 7.75. The summed E-state index contributed by atoms with van der Waals surface area (Å²) in [6.45, 7) is 9.48. The average Bonchev–Trinajstić information content (AvgIpc) is 3.22. The van der Waals surface area contributed by atoms with Crippen LogP contribution in [0.2, 0.25) is 0 Å². The van der Waals surface area contributed by atoms with Crippen LogP contribution in [0.25, 0.3) is 0 Å². The highest BCUT2D eigenvalue weighted by molar-refractivity contribution is 5.79. The molecule has 0 aromatic carbocycles. The Morgan fingerprint density at radius 1 is 1.00 bits per heavy atom. The number of carbonyl (C=O) groups is 1. The molecule has 4 heterocycles. The summed E-state index contributed by atoms with van der Waals surface area (Å²) < 4.78 is 10.8. The number of aromatic nitrogens is 2. The first kappa shape index (κ1) is 17.5. The van der Waals surface area contributed by atoms with Gasteiger partial charge in [0.2, 0.25) is 11.9 Å². The monoisotopic (exact) mass is 361 g/mol. The van der Waals surface area contributed by atoms with Gasteiger partial charge in [-0.2, -0.15) is 4.98 Å². The second-order valence-electron chi connectivity index (χ2n) is 7.14. The van der Waals surface area contributed by atoms with Crippen LogP contribution >= 0.6 is 0 Å². The zero-order valence-electron chi connectivity index (χ0n) is 15.4. The van der Waals surface area contributed by atoms with Gasteiger partial charge >= 0.3 is 0 Å². The van der Waals surface area contributed by atoms with Crippen molar-refractivity contribution in [3.63, 3.8) is 0 Å². The first-order valence-corrected chi connectivity index (χ1v) is 9.50. The number of rotatable bonds is 3. The van der Waals surface area contributed by atoms with Gasteiger partial charge in [0.15, 0.2) is 0 Å². The van der Waals surface area contributed by atoms with Crippen LogP contribution < -0.4 is 9.80 Å². The molecule has 0 N–H and O–H groups in total. The summed E-state index contributed by atoms with van der Waals surface area (Å²) in [7, 11) is 0. The van der Waals surface area contributed by atoms with Gasteiger partial charge in [0.1, 0.15) is 5.82 Å². The van der Waals surface area contributed by atoms with E-state index in [2.05, 4.69) is 14.8 Å². The Morgan fingerprint density at radius 2 is 1.77 bits per heavy atom. The van der Waals surface area contributed by atoms with E-state index in [1.807, 2.05) is 17.9 Å². The lowest BCUT2D eigenvalue weighted by atomic mass is 10.1. The van der Waals surface area contributed by atoms with E-state index in [9.17, 15) is 4.79 Å². The van der Waals surface area contributed by atoms with Crippen molar-refractivity contribution in [1.82, 2.24) is 14.9 Å². The average molecular weight is 361 g/mol. The van der Waals surface area contributed by atoms with Crippen LogP contribution in [0.3, 0.4) is 0 Å². The predicted molar refractivity (Wildman–Crippen MR) is 97.5 cm³/mol. The summed E-state index contributed by atoms with van der Waals surface area (Å²) in [5.41, 5.74) is 0.970. The molecule has 3 aliphatic heterocycles. The van der Waals surface area contributed by atoms with Crippen LogP contribution in [-0.2, 0) is 14.3 Å². The van der Waals surface area contributed by atoms with Crippen molar-refractivity contribution in [3.05, 3.63) is 11.8 Å². The highest BCUT2D eigenvalue weighted by atomic mass is 16.5. The van der Waals surface area contributed by atoms with Crippen molar-refractivity contribution >= 4 is 17.7 Å². The van der Waals surface area contributed by atoms with Crippen molar-refractivity contribution in [3.8, 4) is 0 Å². The summed E-state index contributed by atoms with van der Waals surface area (Å²) in [5, 5.41) is 0. The number of nitrogens with zero attached hydrogens (tertiary/aromatic N) is 5. The number of aryl methyl sites for hydroxylation is 1. The van der Waals surface area contributed by atoms with Crippen LogP contribution in [0.5, 0.6) is 0 Å². The first-order chi connectivity index (χ1) is 12.7. The van der Waals surface area contributed by atoms with Crippen molar-refractivity contribution in [2.45, 2.75) is 13.3 Å². The van der Waals surface area contributed by atoms with Crippen molar-refractivity contribution < 1.29 is 14.3 Å². The number of anilines is 2. The minimum Gasteiger partial charge on any atom is -0.381 e. The van der Waals surface area contributed by atoms with Crippen LogP contribution in [0.4, 0.5) is 11.8 Å². The number of ether oxygens (including phenoxy) is 2. The Morgan fingerprint density at radius 3 is 2.46 bits per heavy atom. The van der Waals surface area contributed by atoms with Crippen LogP contribution in [0, 0.1) is 12.8 Å². The topological polar surface area (TPSA) is 71.0 Å². The van der Waals surface area contributed by atoms with Crippen LogP contribution in [-0.4, -0.2) is 86.5 Å². The Hall–Kier alpha value is -1.93. The van der Waals surface area contributed by atoms with E-state index < -0.39 is 0 Å². The normalized spacial score (nSPS) is 24.2. The maximum absolute atomic E-state index is 12.5. The summed E-state index contributed by atoms with van der Waals surface area (Å²) in [6.07, 6.45) is 0.850. The molecule has 8 heteroatoms. The maximum atomic E-state index is 12.5. The molecule has 4 rings (SSSR count). The molecular formula is C18H27N5O3. The summed E-state index contributed by atoms with van der Waals surface area (Å²) in [5.74, 6) is 2.02. The zero-order valence-corrected chi connectivity index (χ0v) is 15.4. The van der Waals surface area contributed by atoms with E-state index in [1.54, 1.807) is 0 Å². The van der Waals surface area contributed by atoms with Crippen molar-refractivity contribution in [2.24, 2.45) is 5.92 Å². The van der Waals surface area contributed by atoms with Crippen molar-refractivity contribution in [1.29, 1.82) is 0 Å². The molecule has 142 valence electrons. The molecular weight excluding hydrogens is 334 g/mol. The van der Waals surface area contributed by atoms with Gasteiger partial charge in [-0.1, -0.05) is 0 Å². The summed E-state index contributed by atoms with van der Waals surface area (Å²) >= 11 is 0. The van der Waals surface area contributed by atoms with Gasteiger partial charge in [-0.25, -0.2) is 4.98 Å². The molecule has 1 amide bonds. The van der Waals surface area contributed by atoms with Gasteiger partial charge in [-0.15, -0.1) is 0 Å². The van der Waals surface area contributed by atoms with Gasteiger partial charge in [0, 0.05) is 57.6 Å². The molecule has 0 bridgehead atoms. The molecule has 1 unspecified atom stereocenters. The van der Waals surface area contributed by atoms with E-state index in [0.29, 0.717) is 13.2 Å². The fraction of sp³-hybridized carbons (Fsp3) is 0.722. The fourth-order valence-corrected chi connectivity index (χ4v) is 3.75. The van der Waals surface area contributed by atoms with Gasteiger partial charge in [-0.05, 0) is 13.3 Å². The Kier molecular flexibility index (Phi) is 5.21. The number of morpholine rings is 1. The number of carbonyl (C=O) groups excluding carboxylic acids is 1. The number of amides is 1. The quantitative estimate of drug-likeness (QED) is 0.767. The highest BCUT2D eigenvalue weighted by Crippen LogP contribution is 2.21. The molecule has 1 atom stereocenters. The standard InChI is InChI=1S/C18H27N5O3/c1-14-12-16(21-7-10-25-11-8-21)20-18(19-14)23-5-3-22(4-6-23)17(24)15-2-9-26-13-15/h12,15H,2-11,13H2,1H3. The van der Waals surface area contributed by atoms with Gasteiger partial charge in [0.05, 0.1) is 25.7 Å². The van der Waals surface area contributed by atoms with Crippen LogP contribution in [0.15, 0.2) is 6.07 Å². The second-order valence-corrected chi connectivity index (χ2v) is 7.14. The Labute approximate surface area is 154 Å².